The summed E-state index contributed by atoms with van der Waals surface area (Å²) in [5.41, 5.74) is 0. The smallest absolute Gasteiger partial charge is 0.310 e. The van der Waals surface area contributed by atoms with Gasteiger partial charge >= 0.3 is 5.97 Å². The molecule has 2 aliphatic rings. The number of carbonyl (C=O) groups excluding carboxylic acids is 1. The van der Waals surface area contributed by atoms with Crippen molar-refractivity contribution in [2.45, 2.75) is 18.9 Å². The highest BCUT2D eigenvalue weighted by Gasteiger charge is 2.30. The van der Waals surface area contributed by atoms with E-state index in [2.05, 4.69) is 10.2 Å². The number of nitrogens with one attached hydrogen (secondary N) is 1. The second-order valence-corrected chi connectivity index (χ2v) is 4.93. The van der Waals surface area contributed by atoms with E-state index >= 15 is 0 Å². The van der Waals surface area contributed by atoms with Crippen LogP contribution in [0, 0.1) is 11.8 Å². The molecule has 0 aromatic heterocycles. The van der Waals surface area contributed by atoms with Crippen LogP contribution in [0.1, 0.15) is 12.8 Å². The number of hydrogen-bond donors (Lipinski definition) is 2. The molecular weight excluding hydrogens is 220 g/mol. The molecule has 0 aromatic carbocycles. The second-order valence-electron chi connectivity index (χ2n) is 4.93. The van der Waals surface area contributed by atoms with Crippen LogP contribution >= 0.6 is 0 Å². The monoisotopic (exact) mass is 238 g/mol. The van der Waals surface area contributed by atoms with Crippen molar-refractivity contribution in [2.24, 2.45) is 11.8 Å². The van der Waals surface area contributed by atoms with Crippen LogP contribution in [0.15, 0.2) is 12.2 Å². The molecule has 1 heterocycles. The predicted octanol–water partition coefficient (Wildman–Crippen LogP) is 0.0836. The lowest BCUT2D eigenvalue weighted by molar-refractivity contribution is -0.140. The third-order valence-electron chi connectivity index (χ3n) is 3.49. The molecule has 2 N–H and O–H groups in total. The van der Waals surface area contributed by atoms with E-state index in [4.69, 9.17) is 5.11 Å². The topological polar surface area (TPSA) is 69.6 Å². The van der Waals surface area contributed by atoms with E-state index in [0.29, 0.717) is 6.42 Å². The number of amides is 1. The maximum Gasteiger partial charge on any atom is 0.310 e. The number of carbonyl (C=O) groups is 2. The molecule has 0 spiro atoms. The van der Waals surface area contributed by atoms with Gasteiger partial charge in [0, 0.05) is 12.6 Å². The average molecular weight is 238 g/mol. The SMILES string of the molecule is CN1CCC(C(=O)NC2C=CC(C(=O)O)C2)C1. The van der Waals surface area contributed by atoms with Gasteiger partial charge in [0.05, 0.1) is 11.8 Å². The lowest BCUT2D eigenvalue weighted by Gasteiger charge is -2.15. The molecule has 0 radical (unpaired) electrons. The van der Waals surface area contributed by atoms with E-state index in [1.807, 2.05) is 7.05 Å². The number of likely N-dealkylation sites (tertiary alicyclic amines) is 1. The van der Waals surface area contributed by atoms with Crippen LogP contribution in [0.4, 0.5) is 0 Å². The summed E-state index contributed by atoms with van der Waals surface area (Å²) >= 11 is 0. The highest BCUT2D eigenvalue weighted by atomic mass is 16.4. The van der Waals surface area contributed by atoms with Crippen molar-refractivity contribution in [1.29, 1.82) is 0 Å². The number of aliphatic carboxylic acids is 1. The van der Waals surface area contributed by atoms with Gasteiger partial charge in [-0.2, -0.15) is 0 Å². The largest absolute Gasteiger partial charge is 0.481 e. The highest BCUT2D eigenvalue weighted by Crippen LogP contribution is 2.20. The number of hydrogen-bond acceptors (Lipinski definition) is 3. The van der Waals surface area contributed by atoms with Gasteiger partial charge < -0.3 is 15.3 Å². The van der Waals surface area contributed by atoms with E-state index in [9.17, 15) is 9.59 Å². The molecular formula is C12H18N2O3. The summed E-state index contributed by atoms with van der Waals surface area (Å²) in [6, 6.07) is -0.116. The van der Waals surface area contributed by atoms with E-state index in [0.717, 1.165) is 19.5 Å². The fourth-order valence-electron chi connectivity index (χ4n) is 2.44. The first-order valence-electron chi connectivity index (χ1n) is 5.96. The quantitative estimate of drug-likeness (QED) is 0.683. The molecule has 5 nitrogen and oxygen atoms in total. The zero-order valence-electron chi connectivity index (χ0n) is 9.93. The van der Waals surface area contributed by atoms with Crippen molar-refractivity contribution in [3.05, 3.63) is 12.2 Å². The minimum atomic E-state index is -0.821. The first-order chi connectivity index (χ1) is 8.06. The molecule has 1 aliphatic carbocycles. The Bertz CT molecular complexity index is 354. The van der Waals surface area contributed by atoms with Crippen molar-refractivity contribution in [2.75, 3.05) is 20.1 Å². The van der Waals surface area contributed by atoms with Crippen LogP contribution in [0.5, 0.6) is 0 Å². The summed E-state index contributed by atoms with van der Waals surface area (Å²) in [6.07, 6.45) is 4.81. The average Bonchev–Trinajstić information content (AvgIpc) is 2.86. The number of carboxylic acids is 1. The van der Waals surface area contributed by atoms with Gasteiger partial charge in [-0.1, -0.05) is 12.2 Å². The molecule has 5 heteroatoms. The lowest BCUT2D eigenvalue weighted by atomic mass is 10.1. The summed E-state index contributed by atoms with van der Waals surface area (Å²) in [5.74, 6) is -1.17. The van der Waals surface area contributed by atoms with Crippen molar-refractivity contribution >= 4 is 11.9 Å². The molecule has 2 rings (SSSR count). The summed E-state index contributed by atoms with van der Waals surface area (Å²) in [6.45, 7) is 1.75. The van der Waals surface area contributed by atoms with Gasteiger partial charge in [0.1, 0.15) is 0 Å². The minimum Gasteiger partial charge on any atom is -0.481 e. The summed E-state index contributed by atoms with van der Waals surface area (Å²) in [4.78, 5) is 24.8. The van der Waals surface area contributed by atoms with Gasteiger partial charge in [-0.25, -0.2) is 0 Å². The first kappa shape index (κ1) is 12.1. The van der Waals surface area contributed by atoms with Crippen LogP contribution in [-0.4, -0.2) is 48.1 Å². The van der Waals surface area contributed by atoms with Gasteiger partial charge in [-0.05, 0) is 26.4 Å². The van der Waals surface area contributed by atoms with Crippen LogP contribution < -0.4 is 5.32 Å². The Morgan fingerprint density at radius 3 is 2.71 bits per heavy atom. The Kier molecular flexibility index (Phi) is 3.47. The Hall–Kier alpha value is -1.36. The van der Waals surface area contributed by atoms with E-state index in [1.165, 1.54) is 0 Å². The normalized spacial score (nSPS) is 32.9. The maximum absolute atomic E-state index is 11.9. The first-order valence-corrected chi connectivity index (χ1v) is 5.96. The van der Waals surface area contributed by atoms with Gasteiger partial charge in [0.25, 0.3) is 0 Å². The van der Waals surface area contributed by atoms with Crippen molar-refractivity contribution in [1.82, 2.24) is 10.2 Å². The highest BCUT2D eigenvalue weighted by molar-refractivity contribution is 5.80. The summed E-state index contributed by atoms with van der Waals surface area (Å²) in [7, 11) is 2.00. The summed E-state index contributed by atoms with van der Waals surface area (Å²) < 4.78 is 0. The molecule has 0 bridgehead atoms. The van der Waals surface area contributed by atoms with E-state index in [-0.39, 0.29) is 17.9 Å². The van der Waals surface area contributed by atoms with Crippen molar-refractivity contribution in [3.63, 3.8) is 0 Å². The summed E-state index contributed by atoms with van der Waals surface area (Å²) in [5, 5.41) is 11.8. The maximum atomic E-state index is 11.9. The third kappa shape index (κ3) is 2.85. The van der Waals surface area contributed by atoms with Crippen LogP contribution in [0.3, 0.4) is 0 Å². The molecule has 3 unspecified atom stereocenters. The zero-order valence-corrected chi connectivity index (χ0v) is 9.93. The second kappa shape index (κ2) is 4.87. The Labute approximate surface area is 100 Å². The molecule has 0 aromatic rings. The van der Waals surface area contributed by atoms with Gasteiger partial charge in [-0.15, -0.1) is 0 Å². The van der Waals surface area contributed by atoms with Crippen molar-refractivity contribution in [3.8, 4) is 0 Å². The molecule has 3 atom stereocenters. The minimum absolute atomic E-state index is 0.0510. The third-order valence-corrected chi connectivity index (χ3v) is 3.49. The van der Waals surface area contributed by atoms with Crippen molar-refractivity contribution < 1.29 is 14.7 Å². The zero-order chi connectivity index (χ0) is 12.4. The van der Waals surface area contributed by atoms with Crippen LogP contribution in [-0.2, 0) is 9.59 Å². The molecule has 1 aliphatic heterocycles. The molecule has 1 amide bonds. The van der Waals surface area contributed by atoms with Gasteiger partial charge in [0.15, 0.2) is 0 Å². The Morgan fingerprint density at radius 1 is 1.41 bits per heavy atom. The van der Waals surface area contributed by atoms with E-state index in [1.54, 1.807) is 12.2 Å². The lowest BCUT2D eigenvalue weighted by Crippen LogP contribution is -2.38. The Balaban J connectivity index is 1.81. The molecule has 0 saturated carbocycles. The fourth-order valence-corrected chi connectivity index (χ4v) is 2.44. The number of rotatable bonds is 3. The molecule has 1 fully saturated rings. The van der Waals surface area contributed by atoms with Gasteiger partial charge in [0.2, 0.25) is 5.91 Å². The van der Waals surface area contributed by atoms with E-state index < -0.39 is 11.9 Å². The fraction of sp³-hybridized carbons (Fsp3) is 0.667. The predicted molar refractivity (Wildman–Crippen MR) is 62.4 cm³/mol. The van der Waals surface area contributed by atoms with Crippen LogP contribution in [0.25, 0.3) is 0 Å². The van der Waals surface area contributed by atoms with Gasteiger partial charge in [-0.3, -0.25) is 9.59 Å². The number of nitrogens with zero attached hydrogens (tertiary/aromatic N) is 1. The Morgan fingerprint density at radius 2 is 2.18 bits per heavy atom. The molecule has 17 heavy (non-hydrogen) atoms. The molecule has 1 saturated heterocycles. The number of carboxylic acid groups (broad SMARTS) is 1. The van der Waals surface area contributed by atoms with Crippen LogP contribution in [0.2, 0.25) is 0 Å². The molecule has 94 valence electrons. The standard InChI is InChI=1S/C12H18N2O3/c1-14-5-4-9(7-14)11(15)13-10-3-2-8(6-10)12(16)17/h2-3,8-10H,4-7H2,1H3,(H,13,15)(H,16,17).